The molecule has 7 rings (SSSR count). The van der Waals surface area contributed by atoms with Crippen molar-refractivity contribution >= 4 is 50.2 Å². The van der Waals surface area contributed by atoms with Crippen LogP contribution in [0.5, 0.6) is 5.75 Å². The molecule has 0 spiro atoms. The van der Waals surface area contributed by atoms with Crippen LogP contribution >= 0.6 is 10.2 Å². The van der Waals surface area contributed by atoms with Gasteiger partial charge in [0.2, 0.25) is 17.5 Å². The Hall–Kier alpha value is -6.05. The number of piperazine rings is 1. The molecule has 53 heavy (non-hydrogen) atoms. The lowest BCUT2D eigenvalue weighted by molar-refractivity contribution is -0.116. The van der Waals surface area contributed by atoms with E-state index in [1.165, 1.54) is 22.7 Å². The molecule has 4 aromatic heterocycles. The molecule has 2 N–H and O–H groups in total. The summed E-state index contributed by atoms with van der Waals surface area (Å²) < 4.78 is 74.7. The molecule has 0 radical (unpaired) electrons. The van der Waals surface area contributed by atoms with E-state index in [1.807, 2.05) is 12.1 Å². The van der Waals surface area contributed by atoms with Crippen LogP contribution in [0, 0.1) is 6.92 Å². The van der Waals surface area contributed by atoms with E-state index in [2.05, 4.69) is 25.4 Å². The van der Waals surface area contributed by atoms with Crippen molar-refractivity contribution in [2.45, 2.75) is 31.7 Å². The number of aromatic hydroxyl groups is 1. The molecule has 0 saturated carbocycles. The molecule has 1 aliphatic rings. The number of halogens is 5. The van der Waals surface area contributed by atoms with Crippen LogP contribution in [-0.4, -0.2) is 77.1 Å². The van der Waals surface area contributed by atoms with E-state index in [9.17, 15) is 38.9 Å². The van der Waals surface area contributed by atoms with Gasteiger partial charge in [-0.25, -0.2) is 9.97 Å². The van der Waals surface area contributed by atoms with Crippen molar-refractivity contribution in [1.29, 1.82) is 0 Å². The molecule has 1 aliphatic heterocycles. The van der Waals surface area contributed by atoms with Gasteiger partial charge < -0.3 is 29.2 Å². The molecule has 0 aliphatic carbocycles. The van der Waals surface area contributed by atoms with Crippen LogP contribution in [0.2, 0.25) is 0 Å². The van der Waals surface area contributed by atoms with Crippen molar-refractivity contribution in [2.24, 2.45) is 0 Å². The highest BCUT2D eigenvalue weighted by molar-refractivity contribution is 8.45. The average Bonchev–Trinajstić information content (AvgIpc) is 3.75. The lowest BCUT2D eigenvalue weighted by atomic mass is 10.2. The minimum atomic E-state index is -9.93. The number of nitrogens with zero attached hydrogens (tertiary/aromatic N) is 8. The van der Waals surface area contributed by atoms with Crippen LogP contribution in [0.1, 0.15) is 28.8 Å². The zero-order valence-corrected chi connectivity index (χ0v) is 28.8. The van der Waals surface area contributed by atoms with E-state index < -0.39 is 39.0 Å². The fourth-order valence-corrected chi connectivity index (χ4v) is 6.82. The van der Waals surface area contributed by atoms with Crippen LogP contribution in [0.4, 0.5) is 30.8 Å². The molecule has 278 valence electrons. The molecule has 2 aromatic carbocycles. The first-order valence-corrected chi connectivity index (χ1v) is 18.1. The first-order chi connectivity index (χ1) is 24.9. The summed E-state index contributed by atoms with van der Waals surface area (Å²) in [7, 11) is -9.93. The fourth-order valence-electron chi connectivity index (χ4n) is 6.17. The first-order valence-electron chi connectivity index (χ1n) is 16.1. The van der Waals surface area contributed by atoms with Crippen molar-refractivity contribution in [3.8, 4) is 17.3 Å². The molecule has 6 aromatic rings. The predicted molar refractivity (Wildman–Crippen MR) is 185 cm³/mol. The van der Waals surface area contributed by atoms with Gasteiger partial charge in [-0.2, -0.15) is 9.50 Å². The standard InChI is InChI=1S/C33H30F5N9O5S/c1-3-23-28(44-12-14-45(15-13-44)31(50)27-29(49)19(2)39-18-40-27)32(51)47-33(42-30(43-47)25-16-20-6-4-5-7-24(20)52-25)46(23)17-26(48)41-21-8-10-22(11-9-21)53(34,35,36,37)38/h4-11,16,18,49H,3,12-15,17H2,1-2H3,(H,41,48). The fraction of sp³-hybridized carbons (Fsp3) is 0.242. The maximum atomic E-state index is 14.2. The lowest BCUT2D eigenvalue weighted by Gasteiger charge is -2.40. The van der Waals surface area contributed by atoms with Gasteiger partial charge in [0.1, 0.15) is 29.0 Å². The van der Waals surface area contributed by atoms with Gasteiger partial charge in [0.25, 0.3) is 11.5 Å². The normalized spacial score (nSPS) is 15.1. The quantitative estimate of drug-likeness (QED) is 0.178. The number of aryl methyl sites for hydroxylation is 1. The van der Waals surface area contributed by atoms with Gasteiger partial charge in [0.15, 0.2) is 17.2 Å². The summed E-state index contributed by atoms with van der Waals surface area (Å²) in [6.07, 6.45) is 1.38. The monoisotopic (exact) mass is 759 g/mol. The van der Waals surface area contributed by atoms with Crippen molar-refractivity contribution in [1.82, 2.24) is 34.0 Å². The Balaban J connectivity index is 1.25. The molecule has 0 atom stereocenters. The second-order valence-corrected chi connectivity index (χ2v) is 14.7. The molecule has 0 bridgehead atoms. The molecule has 0 unspecified atom stereocenters. The van der Waals surface area contributed by atoms with Crippen LogP contribution in [-0.2, 0) is 17.8 Å². The van der Waals surface area contributed by atoms with E-state index in [-0.39, 0.29) is 90.6 Å². The van der Waals surface area contributed by atoms with Crippen molar-refractivity contribution in [2.75, 3.05) is 36.4 Å². The average molecular weight is 760 g/mol. The topological polar surface area (TPSA) is 164 Å². The van der Waals surface area contributed by atoms with Crippen LogP contribution < -0.4 is 15.8 Å². The number of nitrogens with one attached hydrogen (secondary N) is 1. The summed E-state index contributed by atoms with van der Waals surface area (Å²) in [6, 6.07) is 10.7. The number of hydrogen-bond donors (Lipinski definition) is 2. The third kappa shape index (κ3) is 6.72. The van der Waals surface area contributed by atoms with Gasteiger partial charge >= 0.3 is 10.2 Å². The summed E-state index contributed by atoms with van der Waals surface area (Å²) in [4.78, 5) is 54.4. The van der Waals surface area contributed by atoms with Gasteiger partial charge in [0, 0.05) is 37.3 Å². The Labute approximate surface area is 296 Å². The second kappa shape index (κ2) is 12.0. The number of hydrogen-bond acceptors (Lipinski definition) is 10. The number of benzene rings is 2. The molecule has 1 fully saturated rings. The van der Waals surface area contributed by atoms with Crippen LogP contribution in [0.25, 0.3) is 28.3 Å². The molecule has 14 nitrogen and oxygen atoms in total. The number of anilines is 2. The van der Waals surface area contributed by atoms with Crippen LogP contribution in [0.15, 0.2) is 75.0 Å². The SMILES string of the molecule is CCc1c(N2CCN(C(=O)c3ncnc(C)c3O)CC2)c(=O)n2nc(-c3cc4ccccc4o3)nc2n1CC(=O)Nc1ccc(S(F)(F)(F)(F)F)cc1. The summed E-state index contributed by atoms with van der Waals surface area (Å²) in [5.41, 5.74) is 0.412. The highest BCUT2D eigenvalue weighted by atomic mass is 32.5. The molecule has 1 saturated heterocycles. The lowest BCUT2D eigenvalue weighted by Crippen LogP contribution is -2.51. The number of furan rings is 1. The smallest absolute Gasteiger partial charge is 0.310 e. The van der Waals surface area contributed by atoms with Gasteiger partial charge in [-0.1, -0.05) is 44.6 Å². The third-order valence-electron chi connectivity index (χ3n) is 8.78. The number of aromatic nitrogens is 6. The maximum Gasteiger partial charge on any atom is 0.310 e. The van der Waals surface area contributed by atoms with Gasteiger partial charge in [0.05, 0.1) is 11.4 Å². The number of rotatable bonds is 8. The maximum absolute atomic E-state index is 14.2. The Bertz CT molecular complexity index is 2460. The minimum absolute atomic E-state index is 0.0358. The first kappa shape index (κ1) is 35.4. The Morgan fingerprint density at radius 1 is 0.981 bits per heavy atom. The Morgan fingerprint density at radius 2 is 1.68 bits per heavy atom. The highest BCUT2D eigenvalue weighted by Gasteiger charge is 2.65. The summed E-state index contributed by atoms with van der Waals surface area (Å²) in [6.45, 7) is 3.39. The molecular weight excluding hydrogens is 729 g/mol. The van der Waals surface area contributed by atoms with E-state index in [0.29, 0.717) is 11.3 Å². The molecular formula is C33H30F5N9O5S. The third-order valence-corrected chi connectivity index (χ3v) is 9.95. The number of carbonyl (C=O) groups excluding carboxylic acids is 2. The zero-order valence-electron chi connectivity index (χ0n) is 28.0. The van der Waals surface area contributed by atoms with Gasteiger partial charge in [-0.05, 0) is 49.7 Å². The van der Waals surface area contributed by atoms with Gasteiger partial charge in [-0.15, -0.1) is 5.10 Å². The summed E-state index contributed by atoms with van der Waals surface area (Å²) >= 11 is 0. The summed E-state index contributed by atoms with van der Waals surface area (Å²) in [5.74, 6) is -1.38. The number of fused-ring (bicyclic) bond motifs is 2. The van der Waals surface area contributed by atoms with Crippen molar-refractivity contribution in [3.05, 3.63) is 88.4 Å². The molecule has 5 heterocycles. The van der Waals surface area contributed by atoms with E-state index in [0.717, 1.165) is 22.0 Å². The van der Waals surface area contributed by atoms with E-state index in [1.54, 1.807) is 30.0 Å². The molecule has 2 amide bonds. The van der Waals surface area contributed by atoms with Gasteiger partial charge in [-0.3, -0.25) is 14.4 Å². The number of para-hydroxylation sites is 1. The molecule has 20 heteroatoms. The predicted octanol–water partition coefficient (Wildman–Crippen LogP) is 5.93. The van der Waals surface area contributed by atoms with Crippen molar-refractivity contribution < 1.29 is 38.5 Å². The number of amides is 2. The highest BCUT2D eigenvalue weighted by Crippen LogP contribution is 3.02. The summed E-state index contributed by atoms with van der Waals surface area (Å²) in [5, 5.41) is 18.0. The van der Waals surface area contributed by atoms with Crippen LogP contribution in [0.3, 0.4) is 0 Å². The zero-order chi connectivity index (χ0) is 37.9. The van der Waals surface area contributed by atoms with E-state index >= 15 is 0 Å². The largest absolute Gasteiger partial charge is 0.504 e. The Kier molecular flexibility index (Phi) is 8.01. The Morgan fingerprint density at radius 3 is 2.34 bits per heavy atom. The second-order valence-electron chi connectivity index (χ2n) is 12.3. The van der Waals surface area contributed by atoms with Crippen molar-refractivity contribution in [3.63, 3.8) is 0 Å². The number of carbonyl (C=O) groups is 2. The minimum Gasteiger partial charge on any atom is -0.504 e. The van der Waals surface area contributed by atoms with E-state index in [4.69, 9.17) is 4.42 Å².